The van der Waals surface area contributed by atoms with E-state index in [9.17, 15) is 9.59 Å². The van der Waals surface area contributed by atoms with E-state index in [2.05, 4.69) is 18.4 Å². The van der Waals surface area contributed by atoms with Crippen LogP contribution < -0.4 is 16.0 Å². The molecule has 2 aromatic carbocycles. The van der Waals surface area contributed by atoms with Crippen LogP contribution >= 0.6 is 11.6 Å². The lowest BCUT2D eigenvalue weighted by molar-refractivity contribution is -0.00799. The Bertz CT molecular complexity index is 1540. The van der Waals surface area contributed by atoms with Crippen LogP contribution in [0.15, 0.2) is 58.1 Å². The average Bonchev–Trinajstić information content (AvgIpc) is 3.20. The number of methoxy groups -OCH3 is 1. The molecule has 1 aliphatic rings. The zero-order valence-corrected chi connectivity index (χ0v) is 20.5. The monoisotopic (exact) mass is 479 g/mol. The van der Waals surface area contributed by atoms with E-state index >= 15 is 0 Å². The Morgan fingerprint density at radius 1 is 1.03 bits per heavy atom. The maximum absolute atomic E-state index is 13.6. The standard InChI is InChI=1S/C26H26ClN3O4/c1-26(2)14-34-23(17-8-6-7-9-18(17)33-5)22-21-19(24(31)29(4)25(32)28(21)3)20(30(22)26)15-10-12-16(27)13-11-15/h6-13,23H,14H2,1-5H3. The number of benzene rings is 2. The Labute approximate surface area is 201 Å². The first-order chi connectivity index (χ1) is 16.2. The summed E-state index contributed by atoms with van der Waals surface area (Å²) in [6.45, 7) is 4.53. The Morgan fingerprint density at radius 2 is 1.71 bits per heavy atom. The van der Waals surface area contributed by atoms with Gasteiger partial charge in [-0.25, -0.2) is 4.79 Å². The minimum Gasteiger partial charge on any atom is -0.496 e. The van der Waals surface area contributed by atoms with Crippen LogP contribution in [0, 0.1) is 0 Å². The van der Waals surface area contributed by atoms with E-state index in [1.54, 1.807) is 26.3 Å². The molecule has 0 bridgehead atoms. The number of hydrogen-bond acceptors (Lipinski definition) is 4. The van der Waals surface area contributed by atoms with Crippen LogP contribution in [-0.2, 0) is 24.4 Å². The van der Waals surface area contributed by atoms with Crippen LogP contribution in [0.3, 0.4) is 0 Å². The molecule has 34 heavy (non-hydrogen) atoms. The van der Waals surface area contributed by atoms with Gasteiger partial charge in [-0.1, -0.05) is 41.9 Å². The molecule has 1 unspecified atom stereocenters. The number of aryl methyl sites for hydroxylation is 1. The molecule has 0 spiro atoms. The van der Waals surface area contributed by atoms with Gasteiger partial charge in [0.25, 0.3) is 5.56 Å². The molecule has 0 fully saturated rings. The Kier molecular flexibility index (Phi) is 5.22. The largest absolute Gasteiger partial charge is 0.496 e. The van der Waals surface area contributed by atoms with Crippen molar-refractivity contribution in [2.24, 2.45) is 14.1 Å². The fourth-order valence-electron chi connectivity index (χ4n) is 5.00. The zero-order chi connectivity index (χ0) is 24.4. The van der Waals surface area contributed by atoms with Gasteiger partial charge in [0.2, 0.25) is 0 Å². The maximum atomic E-state index is 13.6. The van der Waals surface area contributed by atoms with Crippen molar-refractivity contribution < 1.29 is 9.47 Å². The van der Waals surface area contributed by atoms with Crippen molar-refractivity contribution in [3.8, 4) is 17.0 Å². The second-order valence-electron chi connectivity index (χ2n) is 9.25. The fraction of sp³-hybridized carbons (Fsp3) is 0.308. The molecule has 1 atom stereocenters. The lowest BCUT2D eigenvalue weighted by atomic mass is 9.97. The second-order valence-corrected chi connectivity index (χ2v) is 9.69. The van der Waals surface area contributed by atoms with Crippen molar-refractivity contribution in [3.63, 3.8) is 0 Å². The third-order valence-electron chi connectivity index (χ3n) is 6.60. The van der Waals surface area contributed by atoms with Gasteiger partial charge in [0.1, 0.15) is 11.9 Å². The molecule has 7 nitrogen and oxygen atoms in total. The highest BCUT2D eigenvalue weighted by Gasteiger charge is 2.41. The predicted molar refractivity (Wildman–Crippen MR) is 133 cm³/mol. The fourth-order valence-corrected chi connectivity index (χ4v) is 5.12. The quantitative estimate of drug-likeness (QED) is 0.441. The van der Waals surface area contributed by atoms with Gasteiger partial charge in [0.15, 0.2) is 0 Å². The molecule has 1 aliphatic heterocycles. The number of hydrogen-bond donors (Lipinski definition) is 0. The minimum atomic E-state index is -0.537. The number of aromatic nitrogens is 3. The first-order valence-corrected chi connectivity index (χ1v) is 11.4. The Morgan fingerprint density at radius 3 is 2.38 bits per heavy atom. The molecular weight excluding hydrogens is 454 g/mol. The van der Waals surface area contributed by atoms with Gasteiger partial charge >= 0.3 is 5.69 Å². The summed E-state index contributed by atoms with van der Waals surface area (Å²) >= 11 is 6.18. The van der Waals surface area contributed by atoms with Crippen LogP contribution in [-0.4, -0.2) is 27.4 Å². The molecule has 3 heterocycles. The molecule has 0 saturated heterocycles. The summed E-state index contributed by atoms with van der Waals surface area (Å²) in [4.78, 5) is 26.6. The van der Waals surface area contributed by atoms with Gasteiger partial charge in [-0.3, -0.25) is 13.9 Å². The van der Waals surface area contributed by atoms with Crippen LogP contribution in [0.25, 0.3) is 22.2 Å². The van der Waals surface area contributed by atoms with Crippen LogP contribution in [0.4, 0.5) is 0 Å². The normalized spacial score (nSPS) is 17.1. The van der Waals surface area contributed by atoms with Gasteiger partial charge in [-0.2, -0.15) is 0 Å². The first kappa shape index (κ1) is 22.5. The van der Waals surface area contributed by atoms with Gasteiger partial charge in [-0.05, 0) is 37.6 Å². The molecule has 0 N–H and O–H groups in total. The van der Waals surface area contributed by atoms with E-state index in [-0.39, 0.29) is 5.56 Å². The van der Waals surface area contributed by atoms with Crippen molar-refractivity contribution in [1.82, 2.24) is 13.7 Å². The predicted octanol–water partition coefficient (Wildman–Crippen LogP) is 4.22. The number of para-hydroxylation sites is 1. The number of ether oxygens (including phenoxy) is 2. The Balaban J connectivity index is 2.01. The highest BCUT2D eigenvalue weighted by atomic mass is 35.5. The molecule has 8 heteroatoms. The summed E-state index contributed by atoms with van der Waals surface area (Å²) in [5.41, 5.74) is 2.48. The highest BCUT2D eigenvalue weighted by Crippen LogP contribution is 2.47. The topological polar surface area (TPSA) is 67.4 Å². The Hall–Kier alpha value is -3.29. The van der Waals surface area contributed by atoms with Gasteiger partial charge < -0.3 is 14.0 Å². The molecule has 2 aromatic heterocycles. The third-order valence-corrected chi connectivity index (χ3v) is 6.86. The van der Waals surface area contributed by atoms with E-state index < -0.39 is 17.3 Å². The minimum absolute atomic E-state index is 0.348. The summed E-state index contributed by atoms with van der Waals surface area (Å²) in [5.74, 6) is 0.676. The van der Waals surface area contributed by atoms with E-state index in [4.69, 9.17) is 21.1 Å². The highest BCUT2D eigenvalue weighted by molar-refractivity contribution is 6.30. The van der Waals surface area contributed by atoms with E-state index in [0.717, 1.165) is 27.1 Å². The summed E-state index contributed by atoms with van der Waals surface area (Å²) in [6, 6.07) is 15.1. The van der Waals surface area contributed by atoms with Gasteiger partial charge in [0.05, 0.1) is 41.5 Å². The molecule has 5 rings (SSSR count). The number of fused-ring (bicyclic) bond motifs is 3. The second kappa shape index (κ2) is 7.89. The van der Waals surface area contributed by atoms with Crippen molar-refractivity contribution in [2.45, 2.75) is 25.5 Å². The molecule has 0 aliphatic carbocycles. The van der Waals surface area contributed by atoms with Gasteiger partial charge in [0, 0.05) is 24.7 Å². The average molecular weight is 480 g/mol. The van der Waals surface area contributed by atoms with Crippen molar-refractivity contribution in [3.05, 3.63) is 85.6 Å². The molecule has 0 saturated carbocycles. The van der Waals surface area contributed by atoms with E-state index in [0.29, 0.717) is 28.3 Å². The lowest BCUT2D eigenvalue weighted by Gasteiger charge is -2.39. The molecule has 0 radical (unpaired) electrons. The zero-order valence-electron chi connectivity index (χ0n) is 19.8. The van der Waals surface area contributed by atoms with Crippen molar-refractivity contribution in [2.75, 3.05) is 13.7 Å². The van der Waals surface area contributed by atoms with E-state index in [1.807, 2.05) is 36.4 Å². The molecule has 4 aromatic rings. The summed E-state index contributed by atoms with van der Waals surface area (Å²) in [7, 11) is 4.82. The summed E-state index contributed by atoms with van der Waals surface area (Å²) in [6.07, 6.45) is -0.537. The SMILES string of the molecule is COc1ccccc1C1OCC(C)(C)n2c(-c3ccc(Cl)cc3)c3c(=O)n(C)c(=O)n(C)c3c21. The molecular formula is C26H26ClN3O4. The van der Waals surface area contributed by atoms with Crippen LogP contribution in [0.1, 0.15) is 31.2 Å². The molecule has 176 valence electrons. The summed E-state index contributed by atoms with van der Waals surface area (Å²) in [5, 5.41) is 1.08. The maximum Gasteiger partial charge on any atom is 0.331 e. The third kappa shape index (κ3) is 3.15. The lowest BCUT2D eigenvalue weighted by Crippen LogP contribution is -2.40. The van der Waals surface area contributed by atoms with E-state index in [1.165, 1.54) is 11.6 Å². The van der Waals surface area contributed by atoms with Crippen LogP contribution in [0.2, 0.25) is 5.02 Å². The smallest absolute Gasteiger partial charge is 0.331 e. The number of nitrogens with zero attached hydrogens (tertiary/aromatic N) is 3. The van der Waals surface area contributed by atoms with Crippen molar-refractivity contribution in [1.29, 1.82) is 0 Å². The first-order valence-electron chi connectivity index (χ1n) is 11.0. The summed E-state index contributed by atoms with van der Waals surface area (Å²) < 4.78 is 16.9. The van der Waals surface area contributed by atoms with Crippen LogP contribution in [0.5, 0.6) is 5.75 Å². The number of halogens is 1. The van der Waals surface area contributed by atoms with Crippen molar-refractivity contribution >= 4 is 22.5 Å². The van der Waals surface area contributed by atoms with Gasteiger partial charge in [-0.15, -0.1) is 0 Å². The number of rotatable bonds is 3. The molecule has 0 amide bonds.